The number of carboxylic acids is 1. The summed E-state index contributed by atoms with van der Waals surface area (Å²) in [7, 11) is 1.32. The van der Waals surface area contributed by atoms with E-state index in [9.17, 15) is 24.6 Å². The van der Waals surface area contributed by atoms with Gasteiger partial charge in [-0.1, -0.05) is 13.8 Å². The van der Waals surface area contributed by atoms with Gasteiger partial charge in [0.25, 0.3) is 0 Å². The number of aliphatic hydroxyl groups excluding tert-OH is 1. The predicted octanol–water partition coefficient (Wildman–Crippen LogP) is 0.440. The zero-order valence-corrected chi connectivity index (χ0v) is 13.9. The minimum Gasteiger partial charge on any atom is -0.480 e. The zero-order valence-electron chi connectivity index (χ0n) is 13.9. The van der Waals surface area contributed by atoms with Crippen LogP contribution in [0.4, 0.5) is 4.79 Å². The summed E-state index contributed by atoms with van der Waals surface area (Å²) in [6.45, 7) is 7.65. The fourth-order valence-corrected chi connectivity index (χ4v) is 1.92. The Labute approximate surface area is 130 Å². The Morgan fingerprint density at radius 1 is 1.23 bits per heavy atom. The van der Waals surface area contributed by atoms with Crippen molar-refractivity contribution in [3.63, 3.8) is 0 Å². The van der Waals surface area contributed by atoms with E-state index in [1.165, 1.54) is 7.05 Å². The second-order valence-corrected chi connectivity index (χ2v) is 6.36. The number of likely N-dealkylation sites (N-methyl/N-ethyl adjacent to an activating group) is 1. The predicted molar refractivity (Wildman–Crippen MR) is 79.3 cm³/mol. The average Bonchev–Trinajstić information content (AvgIpc) is 2.31. The monoisotopic (exact) mass is 318 g/mol. The van der Waals surface area contributed by atoms with Gasteiger partial charge in [-0.2, -0.15) is 0 Å². The Hall–Kier alpha value is -1.83. The molecule has 0 unspecified atom stereocenters. The number of hydrogen-bond donors (Lipinski definition) is 3. The molecule has 0 saturated heterocycles. The van der Waals surface area contributed by atoms with Crippen molar-refractivity contribution in [3.05, 3.63) is 0 Å². The Morgan fingerprint density at radius 3 is 2.05 bits per heavy atom. The Morgan fingerprint density at radius 2 is 1.73 bits per heavy atom. The van der Waals surface area contributed by atoms with Gasteiger partial charge in [-0.25, -0.2) is 9.59 Å². The largest absolute Gasteiger partial charge is 0.480 e. The van der Waals surface area contributed by atoms with Gasteiger partial charge in [-0.3, -0.25) is 4.79 Å². The molecule has 0 aromatic heterocycles. The number of aliphatic hydroxyl groups is 1. The molecule has 0 fully saturated rings. The highest BCUT2D eigenvalue weighted by atomic mass is 16.6. The summed E-state index contributed by atoms with van der Waals surface area (Å²) in [5, 5.41) is 20.7. The van der Waals surface area contributed by atoms with E-state index in [0.717, 1.165) is 4.90 Å². The number of carbonyl (C=O) groups is 3. The van der Waals surface area contributed by atoms with E-state index in [0.29, 0.717) is 0 Å². The third-order valence-corrected chi connectivity index (χ3v) is 2.82. The van der Waals surface area contributed by atoms with Crippen LogP contribution in [0.15, 0.2) is 0 Å². The van der Waals surface area contributed by atoms with Crippen LogP contribution in [0.25, 0.3) is 0 Å². The molecule has 0 saturated carbocycles. The van der Waals surface area contributed by atoms with Gasteiger partial charge >= 0.3 is 12.1 Å². The SMILES string of the molecule is CC(C)[C@@H](C(=O)O)N(C)C(=O)[C@H](CO)NC(=O)OC(C)(C)C. The lowest BCUT2D eigenvalue weighted by atomic mass is 10.0. The number of nitrogens with zero attached hydrogens (tertiary/aromatic N) is 1. The lowest BCUT2D eigenvalue weighted by molar-refractivity contribution is -0.152. The molecule has 8 nitrogen and oxygen atoms in total. The van der Waals surface area contributed by atoms with Gasteiger partial charge in [0.2, 0.25) is 5.91 Å². The highest BCUT2D eigenvalue weighted by Crippen LogP contribution is 2.12. The van der Waals surface area contributed by atoms with Crippen LogP contribution in [0.1, 0.15) is 34.6 Å². The molecule has 0 aliphatic rings. The van der Waals surface area contributed by atoms with Crippen LogP contribution in [-0.4, -0.2) is 64.4 Å². The van der Waals surface area contributed by atoms with Gasteiger partial charge in [0.15, 0.2) is 0 Å². The third-order valence-electron chi connectivity index (χ3n) is 2.82. The van der Waals surface area contributed by atoms with Gasteiger partial charge in [-0.05, 0) is 26.7 Å². The summed E-state index contributed by atoms with van der Waals surface area (Å²) in [6, 6.07) is -2.32. The quantitative estimate of drug-likeness (QED) is 0.654. The number of rotatable bonds is 6. The molecule has 0 bridgehead atoms. The first-order valence-corrected chi connectivity index (χ1v) is 7.00. The lowest BCUT2D eigenvalue weighted by Crippen LogP contribution is -2.55. The zero-order chi connectivity index (χ0) is 17.7. The molecule has 0 rings (SSSR count). The fraction of sp³-hybridized carbons (Fsp3) is 0.786. The van der Waals surface area contributed by atoms with Crippen LogP contribution in [0.5, 0.6) is 0 Å². The Kier molecular flexibility index (Phi) is 7.31. The minimum absolute atomic E-state index is 0.327. The molecular weight excluding hydrogens is 292 g/mol. The van der Waals surface area contributed by atoms with Crippen molar-refractivity contribution in [2.45, 2.75) is 52.3 Å². The Bertz CT molecular complexity index is 416. The summed E-state index contributed by atoms with van der Waals surface area (Å²) >= 11 is 0. The highest BCUT2D eigenvalue weighted by molar-refractivity contribution is 5.89. The molecule has 2 amide bonds. The van der Waals surface area contributed by atoms with Gasteiger partial charge in [0.1, 0.15) is 17.7 Å². The number of ether oxygens (including phenoxy) is 1. The van der Waals surface area contributed by atoms with E-state index < -0.39 is 42.3 Å². The van der Waals surface area contributed by atoms with E-state index in [1.807, 2.05) is 0 Å². The van der Waals surface area contributed by atoms with Gasteiger partial charge in [0, 0.05) is 7.05 Å². The molecule has 0 aliphatic carbocycles. The van der Waals surface area contributed by atoms with Crippen molar-refractivity contribution < 1.29 is 29.3 Å². The van der Waals surface area contributed by atoms with Crippen LogP contribution in [0, 0.1) is 5.92 Å². The molecular formula is C14H26N2O6. The topological polar surface area (TPSA) is 116 Å². The highest BCUT2D eigenvalue weighted by Gasteiger charge is 2.34. The number of hydrogen-bond acceptors (Lipinski definition) is 5. The number of alkyl carbamates (subject to hydrolysis) is 1. The van der Waals surface area contributed by atoms with Crippen molar-refractivity contribution in [1.29, 1.82) is 0 Å². The number of amides is 2. The van der Waals surface area contributed by atoms with Crippen molar-refractivity contribution in [3.8, 4) is 0 Å². The number of carbonyl (C=O) groups excluding carboxylic acids is 2. The molecule has 0 heterocycles. The molecule has 0 spiro atoms. The maximum Gasteiger partial charge on any atom is 0.408 e. The number of carboxylic acid groups (broad SMARTS) is 1. The van der Waals surface area contributed by atoms with Crippen molar-refractivity contribution >= 4 is 18.0 Å². The van der Waals surface area contributed by atoms with E-state index in [1.54, 1.807) is 34.6 Å². The minimum atomic E-state index is -1.26. The first-order valence-electron chi connectivity index (χ1n) is 7.00. The van der Waals surface area contributed by atoms with E-state index >= 15 is 0 Å². The molecule has 2 atom stereocenters. The second-order valence-electron chi connectivity index (χ2n) is 6.36. The van der Waals surface area contributed by atoms with Crippen molar-refractivity contribution in [2.75, 3.05) is 13.7 Å². The van der Waals surface area contributed by atoms with Crippen molar-refractivity contribution in [1.82, 2.24) is 10.2 Å². The van der Waals surface area contributed by atoms with Crippen LogP contribution in [0.3, 0.4) is 0 Å². The standard InChI is InChI=1S/C14H26N2O6/c1-8(2)10(12(19)20)16(6)11(18)9(7-17)15-13(21)22-14(3,4)5/h8-10,17H,7H2,1-6H3,(H,15,21)(H,19,20)/t9-,10-/m0/s1. The molecule has 22 heavy (non-hydrogen) atoms. The summed E-state index contributed by atoms with van der Waals surface area (Å²) < 4.78 is 5.01. The Balaban J connectivity index is 4.97. The average molecular weight is 318 g/mol. The first kappa shape index (κ1) is 20.2. The lowest BCUT2D eigenvalue weighted by Gasteiger charge is -2.31. The smallest absolute Gasteiger partial charge is 0.408 e. The second kappa shape index (κ2) is 7.98. The molecule has 128 valence electrons. The van der Waals surface area contributed by atoms with Crippen molar-refractivity contribution in [2.24, 2.45) is 5.92 Å². The summed E-state index contributed by atoms with van der Waals surface area (Å²) in [6.07, 6.45) is -0.857. The molecule has 0 aliphatic heterocycles. The van der Waals surface area contributed by atoms with Gasteiger partial charge < -0.3 is 25.2 Å². The van der Waals surface area contributed by atoms with Crippen LogP contribution >= 0.6 is 0 Å². The summed E-state index contributed by atoms with van der Waals surface area (Å²) in [5.41, 5.74) is -0.749. The maximum atomic E-state index is 12.3. The molecule has 8 heteroatoms. The van der Waals surface area contributed by atoms with Crippen LogP contribution in [0.2, 0.25) is 0 Å². The van der Waals surface area contributed by atoms with Crippen LogP contribution in [-0.2, 0) is 14.3 Å². The number of aliphatic carboxylic acids is 1. The normalized spacial score (nSPS) is 14.2. The van der Waals surface area contributed by atoms with E-state index in [2.05, 4.69) is 5.32 Å². The van der Waals surface area contributed by atoms with Crippen LogP contribution < -0.4 is 5.32 Å². The molecule has 0 radical (unpaired) electrons. The molecule has 0 aromatic rings. The molecule has 0 aromatic carbocycles. The van der Waals surface area contributed by atoms with Gasteiger partial charge in [0.05, 0.1) is 6.61 Å². The number of nitrogens with one attached hydrogen (secondary N) is 1. The van der Waals surface area contributed by atoms with E-state index in [4.69, 9.17) is 4.74 Å². The third kappa shape index (κ3) is 6.30. The van der Waals surface area contributed by atoms with Gasteiger partial charge in [-0.15, -0.1) is 0 Å². The molecule has 3 N–H and O–H groups in total. The maximum absolute atomic E-state index is 12.3. The fourth-order valence-electron chi connectivity index (χ4n) is 1.92. The van der Waals surface area contributed by atoms with E-state index in [-0.39, 0.29) is 5.92 Å². The summed E-state index contributed by atoms with van der Waals surface area (Å²) in [5.74, 6) is -2.18. The summed E-state index contributed by atoms with van der Waals surface area (Å²) in [4.78, 5) is 36.2. The first-order chi connectivity index (χ1) is 9.90.